The van der Waals surface area contributed by atoms with Crippen LogP contribution in [0.25, 0.3) is 4.85 Å². The highest BCUT2D eigenvalue weighted by molar-refractivity contribution is 8.05. The van der Waals surface area contributed by atoms with Crippen molar-refractivity contribution in [3.63, 3.8) is 0 Å². The predicted molar refractivity (Wildman–Crippen MR) is 41.7 cm³/mol. The van der Waals surface area contributed by atoms with Crippen LogP contribution in [-0.2, 0) is 0 Å². The van der Waals surface area contributed by atoms with Crippen LogP contribution in [0.3, 0.4) is 0 Å². The van der Waals surface area contributed by atoms with Gasteiger partial charge in [-0.25, -0.2) is 6.57 Å². The molecular formula is C5H7NS2. The zero-order chi connectivity index (χ0) is 6.24. The molecule has 0 saturated carbocycles. The molecule has 0 aliphatic rings. The minimum absolute atomic E-state index is 0.539. The third-order valence-electron chi connectivity index (χ3n) is 0.427. The minimum atomic E-state index is 0.539. The Kier molecular flexibility index (Phi) is 6.87. The molecular weight excluding hydrogens is 138 g/mol. The largest absolute Gasteiger partial charge is 0.305 e. The minimum Gasteiger partial charge on any atom is -0.305 e. The fourth-order valence-corrected chi connectivity index (χ4v) is 1.09. The highest BCUT2D eigenvalue weighted by Gasteiger charge is 1.76. The van der Waals surface area contributed by atoms with E-state index in [1.54, 1.807) is 11.8 Å². The summed E-state index contributed by atoms with van der Waals surface area (Å²) in [4.78, 5) is 3.16. The highest BCUT2D eigenvalue weighted by atomic mass is 32.2. The lowest BCUT2D eigenvalue weighted by Crippen LogP contribution is -1.55. The second-order valence-electron chi connectivity index (χ2n) is 0.962. The first kappa shape index (κ1) is 7.93. The summed E-state index contributed by atoms with van der Waals surface area (Å²) >= 11 is 3.17. The SMILES string of the molecule is [C-]#[N+]CSC=CSC. The molecule has 8 heavy (non-hydrogen) atoms. The topological polar surface area (TPSA) is 4.36 Å². The third-order valence-corrected chi connectivity index (χ3v) is 1.61. The quantitative estimate of drug-likeness (QED) is 0.443. The van der Waals surface area contributed by atoms with Gasteiger partial charge in [-0.2, -0.15) is 0 Å². The molecule has 0 radical (unpaired) electrons. The van der Waals surface area contributed by atoms with Gasteiger partial charge in [0.25, 0.3) is 5.88 Å². The van der Waals surface area contributed by atoms with Crippen molar-refractivity contribution in [2.45, 2.75) is 0 Å². The van der Waals surface area contributed by atoms with Crippen molar-refractivity contribution in [2.24, 2.45) is 0 Å². The molecule has 0 amide bonds. The monoisotopic (exact) mass is 145 g/mol. The Morgan fingerprint density at radius 1 is 1.62 bits per heavy atom. The molecule has 3 heteroatoms. The summed E-state index contributed by atoms with van der Waals surface area (Å²) < 4.78 is 0. The van der Waals surface area contributed by atoms with Crippen molar-refractivity contribution in [2.75, 3.05) is 12.1 Å². The molecule has 0 saturated heterocycles. The molecule has 0 aliphatic heterocycles. The Balaban J connectivity index is 2.94. The molecule has 0 fully saturated rings. The second kappa shape index (κ2) is 6.93. The van der Waals surface area contributed by atoms with Gasteiger partial charge in [0.1, 0.15) is 0 Å². The van der Waals surface area contributed by atoms with Crippen molar-refractivity contribution < 1.29 is 0 Å². The number of hydrogen-bond donors (Lipinski definition) is 0. The van der Waals surface area contributed by atoms with Crippen LogP contribution in [-0.4, -0.2) is 12.1 Å². The molecule has 44 valence electrons. The lowest BCUT2D eigenvalue weighted by molar-refractivity contribution is 1.80. The number of nitrogens with zero attached hydrogens (tertiary/aromatic N) is 1. The maximum atomic E-state index is 6.40. The van der Waals surface area contributed by atoms with E-state index in [2.05, 4.69) is 4.85 Å². The smallest absolute Gasteiger partial charge is 0.263 e. The van der Waals surface area contributed by atoms with Gasteiger partial charge < -0.3 is 4.85 Å². The van der Waals surface area contributed by atoms with E-state index in [0.29, 0.717) is 5.88 Å². The van der Waals surface area contributed by atoms with Crippen molar-refractivity contribution >= 4 is 23.5 Å². The maximum absolute atomic E-state index is 6.40. The van der Waals surface area contributed by atoms with E-state index in [-0.39, 0.29) is 0 Å². The van der Waals surface area contributed by atoms with Crippen LogP contribution in [0.2, 0.25) is 0 Å². The Bertz CT molecular complexity index is 103. The first-order valence-electron chi connectivity index (χ1n) is 2.04. The van der Waals surface area contributed by atoms with Gasteiger partial charge in [-0.3, -0.25) is 0 Å². The Hall–Kier alpha value is -0.0700. The molecule has 0 heterocycles. The number of thioether (sulfide) groups is 2. The van der Waals surface area contributed by atoms with Crippen LogP contribution < -0.4 is 0 Å². The highest BCUT2D eigenvalue weighted by Crippen LogP contribution is 2.05. The van der Waals surface area contributed by atoms with Gasteiger partial charge in [0.15, 0.2) is 0 Å². The first-order valence-corrected chi connectivity index (χ1v) is 4.38. The molecule has 0 aromatic carbocycles. The van der Waals surface area contributed by atoms with Gasteiger partial charge >= 0.3 is 0 Å². The van der Waals surface area contributed by atoms with Crippen molar-refractivity contribution in [1.29, 1.82) is 0 Å². The molecule has 0 aliphatic carbocycles. The molecule has 0 unspecified atom stereocenters. The normalized spacial score (nSPS) is 9.50. The Morgan fingerprint density at radius 3 is 2.88 bits per heavy atom. The standard InChI is InChI=1S/C5H7NS2/c1-6-5-8-4-3-7-2/h3-4H,5H2,2H3. The Morgan fingerprint density at radius 2 is 2.38 bits per heavy atom. The molecule has 0 spiro atoms. The van der Waals surface area contributed by atoms with Crippen molar-refractivity contribution in [3.8, 4) is 0 Å². The van der Waals surface area contributed by atoms with E-state index in [9.17, 15) is 0 Å². The van der Waals surface area contributed by atoms with E-state index in [4.69, 9.17) is 6.57 Å². The fourth-order valence-electron chi connectivity index (χ4n) is 0.175. The number of rotatable bonds is 3. The van der Waals surface area contributed by atoms with Gasteiger partial charge in [-0.05, 0) is 28.8 Å². The third kappa shape index (κ3) is 5.93. The molecule has 0 aromatic heterocycles. The lowest BCUT2D eigenvalue weighted by atomic mass is 11.3. The van der Waals surface area contributed by atoms with Gasteiger partial charge in [-0.1, -0.05) is 0 Å². The van der Waals surface area contributed by atoms with Gasteiger partial charge in [0.2, 0.25) is 0 Å². The average Bonchev–Trinajstić information content (AvgIpc) is 1.81. The Labute approximate surface area is 58.4 Å². The maximum Gasteiger partial charge on any atom is 0.263 e. The summed E-state index contributed by atoms with van der Waals surface area (Å²) in [6.07, 6.45) is 1.99. The van der Waals surface area contributed by atoms with Crippen LogP contribution in [0, 0.1) is 6.57 Å². The summed E-state index contributed by atoms with van der Waals surface area (Å²) in [5.74, 6) is 0.539. The van der Waals surface area contributed by atoms with Gasteiger partial charge in [0, 0.05) is 0 Å². The first-order chi connectivity index (χ1) is 3.91. The van der Waals surface area contributed by atoms with Crippen LogP contribution in [0.15, 0.2) is 10.8 Å². The van der Waals surface area contributed by atoms with E-state index >= 15 is 0 Å². The van der Waals surface area contributed by atoms with Crippen LogP contribution in [0.5, 0.6) is 0 Å². The molecule has 1 nitrogen and oxygen atoms in total. The molecule has 0 N–H and O–H groups in total. The van der Waals surface area contributed by atoms with Gasteiger partial charge in [-0.15, -0.1) is 11.8 Å². The van der Waals surface area contributed by atoms with Crippen LogP contribution >= 0.6 is 23.5 Å². The molecule has 0 bridgehead atoms. The average molecular weight is 145 g/mol. The molecule has 0 rings (SSSR count). The fraction of sp³-hybridized carbons (Fsp3) is 0.400. The zero-order valence-electron chi connectivity index (χ0n) is 4.63. The summed E-state index contributed by atoms with van der Waals surface area (Å²) in [6.45, 7) is 6.40. The molecule has 0 atom stereocenters. The van der Waals surface area contributed by atoms with E-state index in [1.165, 1.54) is 11.8 Å². The van der Waals surface area contributed by atoms with Crippen LogP contribution in [0.4, 0.5) is 0 Å². The van der Waals surface area contributed by atoms with Crippen molar-refractivity contribution in [3.05, 3.63) is 22.2 Å². The molecule has 0 aromatic rings. The van der Waals surface area contributed by atoms with E-state index in [0.717, 1.165) is 0 Å². The number of hydrogen-bond acceptors (Lipinski definition) is 2. The summed E-state index contributed by atoms with van der Waals surface area (Å²) in [5.41, 5.74) is 0. The summed E-state index contributed by atoms with van der Waals surface area (Å²) in [6, 6.07) is 0. The summed E-state index contributed by atoms with van der Waals surface area (Å²) in [7, 11) is 0. The van der Waals surface area contributed by atoms with E-state index in [1.807, 2.05) is 17.1 Å². The summed E-state index contributed by atoms with van der Waals surface area (Å²) in [5, 5.41) is 3.90. The predicted octanol–water partition coefficient (Wildman–Crippen LogP) is 2.43. The van der Waals surface area contributed by atoms with E-state index < -0.39 is 0 Å². The van der Waals surface area contributed by atoms with Gasteiger partial charge in [0.05, 0.1) is 0 Å². The lowest BCUT2D eigenvalue weighted by Gasteiger charge is -1.76. The zero-order valence-corrected chi connectivity index (χ0v) is 6.26. The second-order valence-corrected chi connectivity index (χ2v) is 2.57. The van der Waals surface area contributed by atoms with Crippen LogP contribution in [0.1, 0.15) is 0 Å². The van der Waals surface area contributed by atoms with Crippen molar-refractivity contribution in [1.82, 2.24) is 0 Å².